The van der Waals surface area contributed by atoms with Crippen molar-refractivity contribution >= 4 is 35.3 Å². The zero-order valence-electron chi connectivity index (χ0n) is 15.5. The summed E-state index contributed by atoms with van der Waals surface area (Å²) in [5, 5.41) is 0.937. The normalized spacial score (nSPS) is 24.9. The van der Waals surface area contributed by atoms with Gasteiger partial charge in [-0.25, -0.2) is 4.79 Å². The highest BCUT2D eigenvalue weighted by atomic mass is 35.5. The van der Waals surface area contributed by atoms with Crippen LogP contribution in [0.3, 0.4) is 0 Å². The van der Waals surface area contributed by atoms with Gasteiger partial charge in [0.05, 0.1) is 13.0 Å². The van der Waals surface area contributed by atoms with Gasteiger partial charge >= 0.3 is 6.16 Å². The molecule has 3 rings (SSSR count). The van der Waals surface area contributed by atoms with Gasteiger partial charge in [-0.2, -0.15) is 0 Å². The molecule has 1 saturated heterocycles. The van der Waals surface area contributed by atoms with Crippen molar-refractivity contribution in [3.05, 3.63) is 33.8 Å². The molecule has 7 heteroatoms. The fraction of sp³-hybridized carbons (Fsp3) is 0.600. The van der Waals surface area contributed by atoms with E-state index in [4.69, 9.17) is 32.7 Å². The second kappa shape index (κ2) is 9.16. The second-order valence-electron chi connectivity index (χ2n) is 7.12. The van der Waals surface area contributed by atoms with Crippen LogP contribution in [0.25, 0.3) is 0 Å². The van der Waals surface area contributed by atoms with Crippen molar-refractivity contribution in [1.82, 2.24) is 4.90 Å². The highest BCUT2D eigenvalue weighted by Crippen LogP contribution is 2.39. The van der Waals surface area contributed by atoms with Crippen LogP contribution in [-0.2, 0) is 20.7 Å². The maximum atomic E-state index is 13.3. The number of likely N-dealkylation sites (tertiary alicyclic amines) is 1. The van der Waals surface area contributed by atoms with Crippen LogP contribution < -0.4 is 0 Å². The number of carbonyl (C=O) groups is 2. The Morgan fingerprint density at radius 3 is 2.52 bits per heavy atom. The van der Waals surface area contributed by atoms with Crippen molar-refractivity contribution in [3.8, 4) is 0 Å². The number of carbonyl (C=O) groups excluding carboxylic acids is 2. The van der Waals surface area contributed by atoms with Crippen LogP contribution in [0.2, 0.25) is 10.0 Å². The maximum absolute atomic E-state index is 13.3. The van der Waals surface area contributed by atoms with Gasteiger partial charge in [0.15, 0.2) is 6.23 Å². The monoisotopic (exact) mass is 413 g/mol. The summed E-state index contributed by atoms with van der Waals surface area (Å²) in [4.78, 5) is 26.9. The van der Waals surface area contributed by atoms with Gasteiger partial charge in [-0.15, -0.1) is 0 Å². The Hall–Kier alpha value is -1.46. The van der Waals surface area contributed by atoms with E-state index in [0.29, 0.717) is 27.9 Å². The molecular weight excluding hydrogens is 389 g/mol. The summed E-state index contributed by atoms with van der Waals surface area (Å²) in [6, 6.07) is 5.29. The number of ether oxygens (including phenoxy) is 2. The number of benzene rings is 1. The van der Waals surface area contributed by atoms with E-state index in [-0.39, 0.29) is 25.0 Å². The van der Waals surface area contributed by atoms with Crippen molar-refractivity contribution in [2.24, 2.45) is 5.92 Å². The SMILES string of the molecule is CCOC(=O)OC1CCC2CCCCC2N1C(=O)Cc1c(Cl)cccc1Cl. The summed E-state index contributed by atoms with van der Waals surface area (Å²) in [6.07, 6.45) is 4.62. The summed E-state index contributed by atoms with van der Waals surface area (Å²) >= 11 is 12.5. The fourth-order valence-corrected chi connectivity index (χ4v) is 4.80. The first-order valence-electron chi connectivity index (χ1n) is 9.58. The molecule has 1 saturated carbocycles. The van der Waals surface area contributed by atoms with Crippen molar-refractivity contribution in [2.75, 3.05) is 6.61 Å². The Morgan fingerprint density at radius 1 is 1.11 bits per heavy atom. The molecule has 1 aromatic carbocycles. The highest BCUT2D eigenvalue weighted by molar-refractivity contribution is 6.36. The summed E-state index contributed by atoms with van der Waals surface area (Å²) < 4.78 is 10.4. The van der Waals surface area contributed by atoms with Gasteiger partial charge in [-0.1, -0.05) is 42.1 Å². The smallest absolute Gasteiger partial charge is 0.435 e. The van der Waals surface area contributed by atoms with E-state index in [1.165, 1.54) is 6.42 Å². The minimum Gasteiger partial charge on any atom is -0.435 e. The van der Waals surface area contributed by atoms with E-state index in [1.54, 1.807) is 30.0 Å². The van der Waals surface area contributed by atoms with Gasteiger partial charge in [0.1, 0.15) is 0 Å². The van der Waals surface area contributed by atoms with Crippen LogP contribution in [0.5, 0.6) is 0 Å². The molecule has 1 aromatic rings. The third kappa shape index (κ3) is 4.69. The summed E-state index contributed by atoms with van der Waals surface area (Å²) in [5.74, 6) is 0.336. The zero-order valence-corrected chi connectivity index (χ0v) is 17.0. The highest BCUT2D eigenvalue weighted by Gasteiger charge is 2.42. The largest absolute Gasteiger partial charge is 0.510 e. The van der Waals surface area contributed by atoms with E-state index >= 15 is 0 Å². The van der Waals surface area contributed by atoms with Crippen molar-refractivity contribution in [2.45, 2.75) is 64.1 Å². The molecule has 1 amide bonds. The molecule has 1 heterocycles. The van der Waals surface area contributed by atoms with Gasteiger partial charge in [0.2, 0.25) is 5.91 Å². The Bertz CT molecular complexity index is 676. The van der Waals surface area contributed by atoms with Crippen LogP contribution >= 0.6 is 23.2 Å². The lowest BCUT2D eigenvalue weighted by Gasteiger charge is -2.47. The van der Waals surface area contributed by atoms with Gasteiger partial charge < -0.3 is 14.4 Å². The molecule has 2 aliphatic rings. The zero-order chi connectivity index (χ0) is 19.4. The number of rotatable bonds is 4. The van der Waals surface area contributed by atoms with Crippen molar-refractivity contribution in [1.29, 1.82) is 0 Å². The van der Waals surface area contributed by atoms with Crippen LogP contribution in [0, 0.1) is 5.92 Å². The van der Waals surface area contributed by atoms with Gasteiger partial charge in [0, 0.05) is 22.5 Å². The minimum atomic E-state index is -0.731. The number of halogens is 2. The average molecular weight is 414 g/mol. The number of hydrogen-bond donors (Lipinski definition) is 0. The first kappa shape index (κ1) is 20.3. The summed E-state index contributed by atoms with van der Waals surface area (Å²) in [5.41, 5.74) is 0.610. The van der Waals surface area contributed by atoms with E-state index in [1.807, 2.05) is 0 Å². The van der Waals surface area contributed by atoms with E-state index in [0.717, 1.165) is 25.7 Å². The number of hydrogen-bond acceptors (Lipinski definition) is 4. The number of nitrogens with zero attached hydrogens (tertiary/aromatic N) is 1. The third-order valence-electron chi connectivity index (χ3n) is 5.49. The Labute approximate surface area is 169 Å². The predicted molar refractivity (Wildman–Crippen MR) is 104 cm³/mol. The van der Waals surface area contributed by atoms with Gasteiger partial charge in [0.25, 0.3) is 0 Å². The molecule has 0 aromatic heterocycles. The topological polar surface area (TPSA) is 55.8 Å². The number of fused-ring (bicyclic) bond motifs is 1. The first-order valence-corrected chi connectivity index (χ1v) is 10.3. The molecule has 0 N–H and O–H groups in total. The molecule has 5 nitrogen and oxygen atoms in total. The molecule has 2 fully saturated rings. The standard InChI is InChI=1S/C20H25Cl2NO4/c1-2-26-20(25)27-19-11-10-13-6-3-4-9-17(13)23(19)18(24)12-14-15(21)7-5-8-16(14)22/h5,7-8,13,17,19H,2-4,6,9-12H2,1H3. The second-order valence-corrected chi connectivity index (χ2v) is 7.94. The minimum absolute atomic E-state index is 0.0840. The molecule has 0 spiro atoms. The van der Waals surface area contributed by atoms with Crippen LogP contribution in [0.15, 0.2) is 18.2 Å². The molecule has 3 atom stereocenters. The van der Waals surface area contributed by atoms with Gasteiger partial charge in [-0.05, 0) is 49.8 Å². The lowest BCUT2D eigenvalue weighted by molar-refractivity contribution is -0.159. The molecule has 0 bridgehead atoms. The van der Waals surface area contributed by atoms with Crippen molar-refractivity contribution in [3.63, 3.8) is 0 Å². The van der Waals surface area contributed by atoms with Crippen LogP contribution in [0.1, 0.15) is 51.0 Å². The van der Waals surface area contributed by atoms with E-state index in [9.17, 15) is 9.59 Å². The number of piperidine rings is 1. The van der Waals surface area contributed by atoms with E-state index < -0.39 is 12.4 Å². The predicted octanol–water partition coefficient (Wildman–Crippen LogP) is 5.22. The maximum Gasteiger partial charge on any atom is 0.510 e. The molecule has 148 valence electrons. The summed E-state index contributed by atoms with van der Waals surface area (Å²) in [7, 11) is 0. The Balaban J connectivity index is 1.82. The number of amides is 1. The van der Waals surface area contributed by atoms with Crippen LogP contribution in [-0.4, -0.2) is 35.8 Å². The van der Waals surface area contributed by atoms with Crippen LogP contribution in [0.4, 0.5) is 4.79 Å². The third-order valence-corrected chi connectivity index (χ3v) is 6.20. The molecule has 3 unspecified atom stereocenters. The average Bonchev–Trinajstić information content (AvgIpc) is 2.64. The molecule has 27 heavy (non-hydrogen) atoms. The lowest BCUT2D eigenvalue weighted by atomic mass is 9.77. The Morgan fingerprint density at radius 2 is 1.81 bits per heavy atom. The van der Waals surface area contributed by atoms with Gasteiger partial charge in [-0.3, -0.25) is 4.79 Å². The Kier molecular flexibility index (Phi) is 6.88. The molecule has 0 radical (unpaired) electrons. The van der Waals surface area contributed by atoms with Crippen molar-refractivity contribution < 1.29 is 19.1 Å². The molecule has 1 aliphatic heterocycles. The molecular formula is C20H25Cl2NO4. The first-order chi connectivity index (χ1) is 13.0. The molecule has 1 aliphatic carbocycles. The lowest BCUT2D eigenvalue weighted by Crippen LogP contribution is -2.56. The fourth-order valence-electron chi connectivity index (χ4n) is 4.27. The quantitative estimate of drug-likeness (QED) is 0.635. The summed E-state index contributed by atoms with van der Waals surface area (Å²) in [6.45, 7) is 1.96. The van der Waals surface area contributed by atoms with E-state index in [2.05, 4.69) is 0 Å².